The molecule has 7 nitrogen and oxygen atoms in total. The Morgan fingerprint density at radius 1 is 1.20 bits per heavy atom. The van der Waals surface area contributed by atoms with Crippen LogP contribution in [0.4, 0.5) is 5.82 Å². The second-order valence-electron chi connectivity index (χ2n) is 5.64. The fraction of sp³-hybridized carbons (Fsp3) is 0.222. The van der Waals surface area contributed by atoms with E-state index in [2.05, 4.69) is 20.4 Å². The quantitative estimate of drug-likeness (QED) is 0.773. The maximum absolute atomic E-state index is 12.3. The van der Waals surface area contributed by atoms with Crippen LogP contribution >= 0.6 is 0 Å². The van der Waals surface area contributed by atoms with Crippen LogP contribution in [0, 0.1) is 13.8 Å². The highest BCUT2D eigenvalue weighted by atomic mass is 16.5. The van der Waals surface area contributed by atoms with Crippen LogP contribution in [0.5, 0.6) is 5.75 Å². The second kappa shape index (κ2) is 7.12. The molecular weight excluding hydrogens is 318 g/mol. The molecule has 128 valence electrons. The number of carbonyl (C=O) groups is 1. The van der Waals surface area contributed by atoms with Crippen molar-refractivity contribution in [3.63, 3.8) is 0 Å². The van der Waals surface area contributed by atoms with Gasteiger partial charge >= 0.3 is 0 Å². The first-order valence-corrected chi connectivity index (χ1v) is 7.84. The summed E-state index contributed by atoms with van der Waals surface area (Å²) in [6.07, 6.45) is 1.60. The average Bonchev–Trinajstić information content (AvgIpc) is 2.94. The zero-order chi connectivity index (χ0) is 17.8. The summed E-state index contributed by atoms with van der Waals surface area (Å²) >= 11 is 0. The highest BCUT2D eigenvalue weighted by molar-refractivity contribution is 5.91. The van der Waals surface area contributed by atoms with Crippen molar-refractivity contribution in [2.75, 3.05) is 12.4 Å². The lowest BCUT2D eigenvalue weighted by atomic mass is 10.1. The van der Waals surface area contributed by atoms with Crippen molar-refractivity contribution in [3.05, 3.63) is 59.7 Å². The predicted octanol–water partition coefficient (Wildman–Crippen LogP) is 2.47. The van der Waals surface area contributed by atoms with Crippen molar-refractivity contribution in [2.45, 2.75) is 20.3 Å². The summed E-state index contributed by atoms with van der Waals surface area (Å²) in [6, 6.07) is 11.1. The molecule has 1 aromatic carbocycles. The van der Waals surface area contributed by atoms with Gasteiger partial charge in [0, 0.05) is 17.3 Å². The number of benzene rings is 1. The van der Waals surface area contributed by atoms with Crippen molar-refractivity contribution in [1.82, 2.24) is 19.7 Å². The lowest BCUT2D eigenvalue weighted by Crippen LogP contribution is -2.16. The summed E-state index contributed by atoms with van der Waals surface area (Å²) in [5.74, 6) is 1.54. The third-order valence-corrected chi connectivity index (χ3v) is 3.69. The summed E-state index contributed by atoms with van der Waals surface area (Å²) in [7, 11) is 1.59. The molecule has 0 bridgehead atoms. The zero-order valence-electron chi connectivity index (χ0n) is 14.4. The number of ether oxygens (including phenoxy) is 1. The summed E-state index contributed by atoms with van der Waals surface area (Å²) in [6.45, 7) is 3.86. The highest BCUT2D eigenvalue weighted by Crippen LogP contribution is 2.18. The molecule has 0 aliphatic carbocycles. The van der Waals surface area contributed by atoms with Gasteiger partial charge in [0.25, 0.3) is 0 Å². The number of methoxy groups -OCH3 is 1. The van der Waals surface area contributed by atoms with E-state index in [1.165, 1.54) is 6.33 Å². The van der Waals surface area contributed by atoms with Crippen LogP contribution in [0.3, 0.4) is 0 Å². The Kier molecular flexibility index (Phi) is 4.74. The van der Waals surface area contributed by atoms with Gasteiger partial charge in [-0.2, -0.15) is 5.10 Å². The van der Waals surface area contributed by atoms with E-state index in [0.717, 1.165) is 17.0 Å². The van der Waals surface area contributed by atoms with Gasteiger partial charge in [-0.3, -0.25) is 4.79 Å². The van der Waals surface area contributed by atoms with Gasteiger partial charge in [0.2, 0.25) is 5.91 Å². The largest absolute Gasteiger partial charge is 0.496 e. The number of nitrogens with one attached hydrogen (secondary N) is 1. The van der Waals surface area contributed by atoms with Crippen LogP contribution in [-0.2, 0) is 11.2 Å². The number of hydrogen-bond donors (Lipinski definition) is 1. The molecule has 3 aromatic rings. The molecule has 0 aliphatic rings. The van der Waals surface area contributed by atoms with Crippen LogP contribution < -0.4 is 10.1 Å². The van der Waals surface area contributed by atoms with E-state index in [9.17, 15) is 4.79 Å². The van der Waals surface area contributed by atoms with E-state index in [4.69, 9.17) is 4.74 Å². The van der Waals surface area contributed by atoms with Crippen molar-refractivity contribution in [1.29, 1.82) is 0 Å². The van der Waals surface area contributed by atoms with E-state index in [0.29, 0.717) is 17.4 Å². The van der Waals surface area contributed by atoms with Crippen molar-refractivity contribution < 1.29 is 9.53 Å². The monoisotopic (exact) mass is 337 g/mol. The summed E-state index contributed by atoms with van der Waals surface area (Å²) in [5, 5.41) is 7.18. The Bertz CT molecular complexity index is 904. The number of aromatic nitrogens is 4. The fourth-order valence-electron chi connectivity index (χ4n) is 2.60. The van der Waals surface area contributed by atoms with Crippen molar-refractivity contribution >= 4 is 11.7 Å². The normalized spacial score (nSPS) is 10.5. The van der Waals surface area contributed by atoms with E-state index < -0.39 is 0 Å². The smallest absolute Gasteiger partial charge is 0.230 e. The molecule has 3 rings (SSSR count). The SMILES string of the molecule is COc1ccccc1CC(=O)Nc1cc(-n2nc(C)cc2C)ncn1. The molecule has 0 aliphatic heterocycles. The Hall–Kier alpha value is -3.22. The third-order valence-electron chi connectivity index (χ3n) is 3.69. The number of amides is 1. The van der Waals surface area contributed by atoms with Gasteiger partial charge < -0.3 is 10.1 Å². The second-order valence-corrected chi connectivity index (χ2v) is 5.64. The zero-order valence-corrected chi connectivity index (χ0v) is 14.4. The molecule has 1 amide bonds. The van der Waals surface area contributed by atoms with Crippen molar-refractivity contribution in [3.8, 4) is 11.6 Å². The molecule has 1 N–H and O–H groups in total. The van der Waals surface area contributed by atoms with Gasteiger partial charge in [0.15, 0.2) is 5.82 Å². The van der Waals surface area contributed by atoms with Crippen LogP contribution in [0.25, 0.3) is 5.82 Å². The minimum absolute atomic E-state index is 0.178. The minimum Gasteiger partial charge on any atom is -0.496 e. The van der Waals surface area contributed by atoms with E-state index in [1.54, 1.807) is 17.9 Å². The molecule has 2 heterocycles. The van der Waals surface area contributed by atoms with Crippen LogP contribution in [0.2, 0.25) is 0 Å². The maximum Gasteiger partial charge on any atom is 0.230 e. The van der Waals surface area contributed by atoms with E-state index >= 15 is 0 Å². The van der Waals surface area contributed by atoms with Crippen LogP contribution in [0.1, 0.15) is 17.0 Å². The van der Waals surface area contributed by atoms with Crippen LogP contribution in [-0.4, -0.2) is 32.8 Å². The van der Waals surface area contributed by atoms with Crippen LogP contribution in [0.15, 0.2) is 42.7 Å². The Morgan fingerprint density at radius 2 is 2.00 bits per heavy atom. The maximum atomic E-state index is 12.3. The van der Waals surface area contributed by atoms with Gasteiger partial charge in [-0.25, -0.2) is 14.6 Å². The number of anilines is 1. The lowest BCUT2D eigenvalue weighted by Gasteiger charge is -2.09. The fourth-order valence-corrected chi connectivity index (χ4v) is 2.60. The number of carbonyl (C=O) groups excluding carboxylic acids is 1. The number of para-hydroxylation sites is 1. The molecule has 0 fully saturated rings. The first kappa shape index (κ1) is 16.6. The first-order valence-electron chi connectivity index (χ1n) is 7.84. The molecule has 25 heavy (non-hydrogen) atoms. The van der Waals surface area contributed by atoms with Gasteiger partial charge in [-0.1, -0.05) is 18.2 Å². The topological polar surface area (TPSA) is 81.9 Å². The molecule has 0 radical (unpaired) electrons. The minimum atomic E-state index is -0.178. The number of hydrogen-bond acceptors (Lipinski definition) is 5. The molecule has 0 saturated carbocycles. The molecule has 7 heteroatoms. The van der Waals surface area contributed by atoms with E-state index in [-0.39, 0.29) is 12.3 Å². The Balaban J connectivity index is 1.76. The average molecular weight is 337 g/mol. The summed E-state index contributed by atoms with van der Waals surface area (Å²) in [4.78, 5) is 20.7. The van der Waals surface area contributed by atoms with Gasteiger partial charge in [0.1, 0.15) is 17.9 Å². The predicted molar refractivity (Wildman–Crippen MR) is 94.0 cm³/mol. The summed E-state index contributed by atoms with van der Waals surface area (Å²) in [5.41, 5.74) is 2.68. The third kappa shape index (κ3) is 3.82. The molecule has 0 atom stereocenters. The number of nitrogens with zero attached hydrogens (tertiary/aromatic N) is 4. The lowest BCUT2D eigenvalue weighted by molar-refractivity contribution is -0.115. The van der Waals surface area contributed by atoms with Gasteiger partial charge in [-0.05, 0) is 26.0 Å². The molecule has 0 saturated heterocycles. The highest BCUT2D eigenvalue weighted by Gasteiger charge is 2.11. The molecular formula is C18H19N5O2. The molecule has 2 aromatic heterocycles. The Labute approximate surface area is 145 Å². The standard InChI is InChI=1S/C18H19N5O2/c1-12-8-13(2)23(22-12)17-10-16(19-11-20-17)21-18(24)9-14-6-4-5-7-15(14)25-3/h4-8,10-11H,9H2,1-3H3,(H,19,20,21,24). The molecule has 0 unspecified atom stereocenters. The number of aryl methyl sites for hydroxylation is 2. The van der Waals surface area contributed by atoms with Crippen molar-refractivity contribution in [2.24, 2.45) is 0 Å². The summed E-state index contributed by atoms with van der Waals surface area (Å²) < 4.78 is 6.99. The first-order chi connectivity index (χ1) is 12.1. The van der Waals surface area contributed by atoms with Gasteiger partial charge in [-0.15, -0.1) is 0 Å². The number of rotatable bonds is 5. The van der Waals surface area contributed by atoms with E-state index in [1.807, 2.05) is 44.2 Å². The van der Waals surface area contributed by atoms with Gasteiger partial charge in [0.05, 0.1) is 19.2 Å². The Morgan fingerprint density at radius 3 is 2.72 bits per heavy atom. The molecule has 0 spiro atoms.